The van der Waals surface area contributed by atoms with Gasteiger partial charge < -0.3 is 9.30 Å². The molecule has 0 unspecified atom stereocenters. The number of hydroxylamine groups is 1. The largest absolute Gasteiger partial charge is 0.464 e. The quantitative estimate of drug-likeness (QED) is 0.164. The monoisotopic (exact) mass is 548 g/mol. The van der Waals surface area contributed by atoms with Crippen molar-refractivity contribution in [3.63, 3.8) is 0 Å². The van der Waals surface area contributed by atoms with Gasteiger partial charge in [0, 0.05) is 29.9 Å². The van der Waals surface area contributed by atoms with E-state index in [0.717, 1.165) is 62.8 Å². The summed E-state index contributed by atoms with van der Waals surface area (Å²) >= 11 is 0. The molecule has 4 rings (SSSR count). The van der Waals surface area contributed by atoms with Crippen LogP contribution >= 0.6 is 0 Å². The predicted octanol–water partition coefficient (Wildman–Crippen LogP) is 5.85. The molecule has 0 bridgehead atoms. The van der Waals surface area contributed by atoms with Crippen LogP contribution in [0.1, 0.15) is 93.6 Å². The third-order valence-electron chi connectivity index (χ3n) is 7.99. The van der Waals surface area contributed by atoms with Crippen molar-refractivity contribution >= 4 is 22.9 Å². The van der Waals surface area contributed by atoms with Crippen LogP contribution in [0.5, 0.6) is 0 Å². The highest BCUT2D eigenvalue weighted by Crippen LogP contribution is 2.35. The highest BCUT2D eigenvalue weighted by molar-refractivity contribution is 5.93. The van der Waals surface area contributed by atoms with Crippen LogP contribution in [-0.2, 0) is 20.9 Å². The summed E-state index contributed by atoms with van der Waals surface area (Å²) in [7, 11) is 0. The third-order valence-corrected chi connectivity index (χ3v) is 7.99. The number of pyridine rings is 1. The van der Waals surface area contributed by atoms with Gasteiger partial charge in [-0.15, -0.1) is 0 Å². The first-order valence-electron chi connectivity index (χ1n) is 14.7. The lowest BCUT2D eigenvalue weighted by atomic mass is 9.86. The Bertz CT molecular complexity index is 1260. The topological polar surface area (TPSA) is 85.7 Å². The fourth-order valence-electron chi connectivity index (χ4n) is 5.31. The average Bonchev–Trinajstić information content (AvgIpc) is 3.38. The maximum Gasteiger partial charge on any atom is 0.325 e. The number of piperidine rings is 1. The average molecular weight is 549 g/mol. The van der Waals surface area contributed by atoms with Crippen molar-refractivity contribution in [2.45, 2.75) is 84.2 Å². The number of likely N-dealkylation sites (tertiary alicyclic amines) is 1. The molecule has 0 saturated carbocycles. The number of ether oxygens (including phenoxy) is 1. The van der Waals surface area contributed by atoms with Gasteiger partial charge in [0.25, 0.3) is 5.91 Å². The highest BCUT2D eigenvalue weighted by Gasteiger charge is 2.38. The molecule has 0 aliphatic carbocycles. The molecule has 1 amide bonds. The molecule has 1 fully saturated rings. The molecule has 0 atom stereocenters. The molecule has 1 saturated heterocycles. The van der Waals surface area contributed by atoms with Crippen LogP contribution in [-0.4, -0.2) is 58.2 Å². The van der Waals surface area contributed by atoms with Crippen molar-refractivity contribution in [3.8, 4) is 0 Å². The summed E-state index contributed by atoms with van der Waals surface area (Å²) in [4.78, 5) is 37.2. The second-order valence-corrected chi connectivity index (χ2v) is 11.2. The summed E-state index contributed by atoms with van der Waals surface area (Å²) in [6.07, 6.45) is 9.81. The number of esters is 1. The van der Waals surface area contributed by atoms with E-state index in [-0.39, 0.29) is 11.9 Å². The van der Waals surface area contributed by atoms with E-state index in [0.29, 0.717) is 31.2 Å². The number of benzene rings is 1. The molecule has 2 aromatic heterocycles. The number of rotatable bonds is 13. The standard InChI is InChI=1S/C32H44N4O4/c1-5-7-21-39-31(38)32(3,4)36-19-14-25(15-20-36)27-13-17-33-29-28(27)16-18-35(29)23-24-9-11-26(12-10-24)30(37)34-40-22-8-6-2/h9-13,16-18,25H,5-8,14-15,19-23H2,1-4H3,(H,34,37). The Labute approximate surface area is 238 Å². The van der Waals surface area contributed by atoms with E-state index in [9.17, 15) is 9.59 Å². The number of carbonyl (C=O) groups is 2. The highest BCUT2D eigenvalue weighted by atomic mass is 16.6. The number of nitrogens with one attached hydrogen (secondary N) is 1. The molecule has 0 radical (unpaired) electrons. The summed E-state index contributed by atoms with van der Waals surface area (Å²) in [5.41, 5.74) is 5.84. The number of amides is 1. The Morgan fingerprint density at radius 1 is 1.00 bits per heavy atom. The van der Waals surface area contributed by atoms with Gasteiger partial charge in [-0.1, -0.05) is 38.8 Å². The Hall–Kier alpha value is -3.23. The molecule has 0 spiro atoms. The normalized spacial score (nSPS) is 14.9. The number of nitrogens with zero attached hydrogens (tertiary/aromatic N) is 3. The molecule has 40 heavy (non-hydrogen) atoms. The maximum absolute atomic E-state index is 12.7. The second-order valence-electron chi connectivity index (χ2n) is 11.2. The maximum atomic E-state index is 12.7. The fourth-order valence-corrected chi connectivity index (χ4v) is 5.31. The van der Waals surface area contributed by atoms with Crippen LogP contribution in [0.2, 0.25) is 0 Å². The molecular weight excluding hydrogens is 504 g/mol. The van der Waals surface area contributed by atoms with Crippen molar-refractivity contribution in [1.29, 1.82) is 0 Å². The molecule has 1 N–H and O–H groups in total. The van der Waals surface area contributed by atoms with E-state index in [2.05, 4.69) is 47.1 Å². The first-order valence-corrected chi connectivity index (χ1v) is 14.7. The fraction of sp³-hybridized carbons (Fsp3) is 0.531. The van der Waals surface area contributed by atoms with Crippen LogP contribution in [0.4, 0.5) is 0 Å². The van der Waals surface area contributed by atoms with Gasteiger partial charge >= 0.3 is 5.97 Å². The molecule has 1 aliphatic heterocycles. The van der Waals surface area contributed by atoms with Crippen LogP contribution in [0.3, 0.4) is 0 Å². The summed E-state index contributed by atoms with van der Waals surface area (Å²) in [6, 6.07) is 11.9. The van der Waals surface area contributed by atoms with Crippen LogP contribution in [0.25, 0.3) is 11.0 Å². The van der Waals surface area contributed by atoms with Gasteiger partial charge in [-0.25, -0.2) is 10.5 Å². The molecule has 8 heteroatoms. The van der Waals surface area contributed by atoms with Gasteiger partial charge in [0.05, 0.1) is 13.2 Å². The number of aromatic nitrogens is 2. The lowest BCUT2D eigenvalue weighted by molar-refractivity contribution is -0.157. The third kappa shape index (κ3) is 7.09. The van der Waals surface area contributed by atoms with E-state index >= 15 is 0 Å². The van der Waals surface area contributed by atoms with Crippen molar-refractivity contribution in [2.24, 2.45) is 0 Å². The van der Waals surface area contributed by atoms with E-state index in [4.69, 9.17) is 14.6 Å². The van der Waals surface area contributed by atoms with Crippen LogP contribution in [0, 0.1) is 0 Å². The van der Waals surface area contributed by atoms with Gasteiger partial charge in [-0.3, -0.25) is 19.3 Å². The zero-order valence-electron chi connectivity index (χ0n) is 24.4. The minimum absolute atomic E-state index is 0.128. The lowest BCUT2D eigenvalue weighted by Crippen LogP contribution is -2.53. The van der Waals surface area contributed by atoms with Crippen molar-refractivity contribution in [3.05, 3.63) is 65.5 Å². The summed E-state index contributed by atoms with van der Waals surface area (Å²) in [5, 5.41) is 1.18. The number of carbonyl (C=O) groups excluding carboxylic acids is 2. The number of hydrogen-bond acceptors (Lipinski definition) is 6. The van der Waals surface area contributed by atoms with E-state index in [1.165, 1.54) is 10.9 Å². The van der Waals surface area contributed by atoms with Gasteiger partial charge in [0.15, 0.2) is 0 Å². The second kappa shape index (κ2) is 13.9. The van der Waals surface area contributed by atoms with E-state index in [1.807, 2.05) is 44.3 Å². The number of fused-ring (bicyclic) bond motifs is 1. The molecule has 1 aromatic carbocycles. The number of unbranched alkanes of at least 4 members (excludes halogenated alkanes) is 2. The molecule has 3 heterocycles. The minimum Gasteiger partial charge on any atom is -0.464 e. The first-order chi connectivity index (χ1) is 19.3. The zero-order chi connectivity index (χ0) is 28.5. The summed E-state index contributed by atoms with van der Waals surface area (Å²) < 4.78 is 7.71. The van der Waals surface area contributed by atoms with E-state index < -0.39 is 5.54 Å². The first kappa shape index (κ1) is 29.7. The van der Waals surface area contributed by atoms with Crippen molar-refractivity contribution in [1.82, 2.24) is 19.9 Å². The lowest BCUT2D eigenvalue weighted by Gasteiger charge is -2.41. The Morgan fingerprint density at radius 2 is 1.70 bits per heavy atom. The predicted molar refractivity (Wildman–Crippen MR) is 157 cm³/mol. The Kier molecular flexibility index (Phi) is 10.3. The van der Waals surface area contributed by atoms with Crippen molar-refractivity contribution < 1.29 is 19.2 Å². The Morgan fingerprint density at radius 3 is 2.40 bits per heavy atom. The molecule has 8 nitrogen and oxygen atoms in total. The van der Waals surface area contributed by atoms with Gasteiger partial charge in [-0.2, -0.15) is 0 Å². The smallest absolute Gasteiger partial charge is 0.325 e. The zero-order valence-corrected chi connectivity index (χ0v) is 24.4. The van der Waals surface area contributed by atoms with E-state index in [1.54, 1.807) is 0 Å². The SMILES string of the molecule is CCCCONC(=O)c1ccc(Cn2ccc3c(C4CCN(C(C)(C)C(=O)OCCCC)CC4)ccnc32)cc1. The van der Waals surface area contributed by atoms with Crippen molar-refractivity contribution in [2.75, 3.05) is 26.3 Å². The van der Waals surface area contributed by atoms with Gasteiger partial charge in [-0.05, 0) is 93.9 Å². The molecule has 3 aromatic rings. The molecular formula is C32H44N4O4. The van der Waals surface area contributed by atoms with Crippen LogP contribution < -0.4 is 5.48 Å². The molecule has 1 aliphatic rings. The summed E-state index contributed by atoms with van der Waals surface area (Å²) in [6.45, 7) is 11.5. The summed E-state index contributed by atoms with van der Waals surface area (Å²) in [5.74, 6) is 0.0572. The van der Waals surface area contributed by atoms with Gasteiger partial charge in [0.2, 0.25) is 0 Å². The minimum atomic E-state index is -0.617. The van der Waals surface area contributed by atoms with Crippen LogP contribution in [0.15, 0.2) is 48.8 Å². The number of hydrogen-bond donors (Lipinski definition) is 1. The Balaban J connectivity index is 1.38. The molecule has 216 valence electrons. The van der Waals surface area contributed by atoms with Gasteiger partial charge in [0.1, 0.15) is 11.2 Å².